The van der Waals surface area contributed by atoms with Crippen LogP contribution in [-0.2, 0) is 137 Å². The van der Waals surface area contributed by atoms with E-state index in [9.17, 15) is 162 Å². The zero-order valence-corrected chi connectivity index (χ0v) is 70.5. The molecule has 0 amide bonds. The first-order valence-corrected chi connectivity index (χ1v) is 48.4. The van der Waals surface area contributed by atoms with Crippen molar-refractivity contribution in [3.63, 3.8) is 0 Å². The van der Waals surface area contributed by atoms with Gasteiger partial charge >= 0.3 is 0 Å². The lowest BCUT2D eigenvalue weighted by molar-refractivity contribution is -0.387. The molecule has 700 valence electrons. The van der Waals surface area contributed by atoms with Crippen molar-refractivity contribution < 1.29 is 229 Å². The molecule has 42 atom stereocenters. The number of hydrogen-bond acceptors (Lipinski definition) is 42. The molecule has 119 heavy (non-hydrogen) atoms. The van der Waals surface area contributed by atoms with E-state index in [1.807, 2.05) is 0 Å². The molecule has 15 rings (SSSR count). The standard InChI is InChI=1S/C63H112O49S7/c1-22(113(78,79)80)8-29-43(71)50-36(15-64)99-57(29)106-51-37(16-65)100-59(30(44(51)72)9-23(2)114(81,82)83)108-53-39(18-67)102-61(32(46(53)74)11-25(4)116(87,88)89)110-55-41(20-69)104-63(34(48(55)76)13-27(6)118(93,94)95)112-56-42(21-70)105-62(35(49(56)77)14-28(7)119(96,97)98)111-54-40(19-68)103-60(33(47(54)75)12-26(5)117(90,91)92)109-52-38(17-66)101-58(107-50)31(45(52)73)10-24(3)115(84,85)86/h22-77H,8-21H2,1-7H3,(H,78,79,80)(H,81,82,83)(H,84,85,86)(H,87,88,89)(H,90,91,92)(H,93,94,95)(H,96,97,98)/t22?,23?,24?,25?,26?,27?,28?,29-,30-,31-,32-,33-,34-,35-,36-,37-,38-,39-,40-,41-,42-,43-,44-,45-,46-,47-,48-,49-,50-,51-,52-,53-,54-,55-,56-,57-,58-,59-,60-,61-,62-,63-/m1/s1. The molecule has 15 heterocycles. The molecule has 49 nitrogen and oxygen atoms in total. The van der Waals surface area contributed by atoms with Crippen molar-refractivity contribution >= 4 is 70.8 Å². The highest BCUT2D eigenvalue weighted by Crippen LogP contribution is 2.48. The molecule has 15 aliphatic heterocycles. The summed E-state index contributed by atoms with van der Waals surface area (Å²) >= 11 is 0. The second kappa shape index (κ2) is 40.9. The van der Waals surface area contributed by atoms with E-state index in [0.29, 0.717) is 0 Å². The maximum Gasteiger partial charge on any atom is 0.267 e. The zero-order chi connectivity index (χ0) is 89.5. The summed E-state index contributed by atoms with van der Waals surface area (Å²) in [6.45, 7) is -3.05. The minimum atomic E-state index is -5.21. The van der Waals surface area contributed by atoms with Gasteiger partial charge in [0.2, 0.25) is 0 Å². The van der Waals surface area contributed by atoms with E-state index in [2.05, 4.69) is 0 Å². The summed E-state index contributed by atoms with van der Waals surface area (Å²) in [5.41, 5.74) is 0. The molecule has 7 unspecified atom stereocenters. The quantitative estimate of drug-likeness (QED) is 0.0324. The van der Waals surface area contributed by atoms with Gasteiger partial charge < -0.3 is 138 Å². The number of fused-ring (bicyclic) bond motifs is 7. The predicted octanol–water partition coefficient (Wildman–Crippen LogP) is -8.78. The topological polar surface area (TPSA) is 793 Å². The molecule has 0 aromatic heterocycles. The summed E-state index contributed by atoms with van der Waals surface area (Å²) in [6, 6.07) is 0. The number of aliphatic hydroxyl groups excluding tert-OH is 14. The smallest absolute Gasteiger partial charge is 0.267 e. The highest BCUT2D eigenvalue weighted by molar-refractivity contribution is 7.87. The Hall–Kier alpha value is -1.75. The molecular formula is C63H112O49S7. The molecule has 15 saturated heterocycles. The molecule has 21 N–H and O–H groups in total. The number of aliphatic hydroxyl groups is 14. The van der Waals surface area contributed by atoms with Gasteiger partial charge in [-0.25, -0.2) is 0 Å². The van der Waals surface area contributed by atoms with Crippen LogP contribution in [-0.4, -0.2) is 417 Å². The van der Waals surface area contributed by atoms with Crippen LogP contribution in [0.5, 0.6) is 0 Å². The Morgan fingerprint density at radius 1 is 0.193 bits per heavy atom. The van der Waals surface area contributed by atoms with Crippen LogP contribution in [0.15, 0.2) is 0 Å². The highest BCUT2D eigenvalue weighted by atomic mass is 32.2. The number of rotatable bonds is 28. The zero-order valence-electron chi connectivity index (χ0n) is 64.8. The molecule has 0 aromatic carbocycles. The van der Waals surface area contributed by atoms with Crippen molar-refractivity contribution in [3.05, 3.63) is 0 Å². The summed E-state index contributed by atoms with van der Waals surface area (Å²) in [5.74, 6) is -14.1. The first-order chi connectivity index (χ1) is 54.9. The van der Waals surface area contributed by atoms with Gasteiger partial charge in [-0.05, 0) is 93.4 Å². The van der Waals surface area contributed by atoms with Crippen molar-refractivity contribution in [2.24, 2.45) is 41.4 Å². The monoisotopic (exact) mass is 1880 g/mol. The van der Waals surface area contributed by atoms with Crippen LogP contribution in [0.4, 0.5) is 0 Å². The van der Waals surface area contributed by atoms with Gasteiger partial charge in [0.25, 0.3) is 70.8 Å². The fourth-order valence-electron chi connectivity index (χ4n) is 16.3. The van der Waals surface area contributed by atoms with Crippen LogP contribution in [0.2, 0.25) is 0 Å². The van der Waals surface area contributed by atoms with Crippen molar-refractivity contribution in [1.82, 2.24) is 0 Å². The fraction of sp³-hybridized carbons (Fsp3) is 1.00. The third-order valence-electron chi connectivity index (χ3n) is 23.7. The Kier molecular flexibility index (Phi) is 35.3. The van der Waals surface area contributed by atoms with Crippen molar-refractivity contribution in [3.8, 4) is 0 Å². The fourth-order valence-corrected chi connectivity index (χ4v) is 19.6. The van der Waals surface area contributed by atoms with Crippen LogP contribution in [0, 0.1) is 41.4 Å². The predicted molar refractivity (Wildman–Crippen MR) is 390 cm³/mol. The van der Waals surface area contributed by atoms with Crippen LogP contribution >= 0.6 is 0 Å². The Labute approximate surface area is 685 Å². The SMILES string of the molecule is CC(C[C@H]1[C@H]2O[C@H]3[C@H](O)[C@@H](CC(C)S(=O)(=O)O)[C@@H](O[C@H]4[C@H](O)[C@@H](CC(C)S(=O)(=O)O)[C@@H](O[C@H]5[C@H](O)[C@@H](CC(C)S(=O)(=O)O)[C@@H](O[C@H]6[C@H](O)[C@@H](CC(C)S(=O)(=O)O)[C@@H](O[C@H]7[C@H](O)[C@@H](CC(C)S(=O)(=O)O)[C@@H](O[C@H]8[C@H](O)[C@@H](CC(C)S(=O)(=O)O)[C@@H](O[C@@H]([C@@H]1O)[C@@H](CO)O2)O[C@@H]8CO)O[C@@H]7CO)O[C@@H]6CO)O[C@@H]5CO)O[C@@H]4CO)O[C@@H]3CO)S(=O)(=O)O. The van der Waals surface area contributed by atoms with Crippen LogP contribution in [0.25, 0.3) is 0 Å². The lowest BCUT2D eigenvalue weighted by Gasteiger charge is -2.52. The lowest BCUT2D eigenvalue weighted by Crippen LogP contribution is -2.66. The second-order valence-electron chi connectivity index (χ2n) is 31.8. The molecule has 0 spiro atoms. The summed E-state index contributed by atoms with van der Waals surface area (Å²) in [7, 11) is -36.5. The molecule has 0 saturated carbocycles. The summed E-state index contributed by atoms with van der Waals surface area (Å²) < 4.78 is 341. The first-order valence-electron chi connectivity index (χ1n) is 37.8. The third kappa shape index (κ3) is 24.2. The first kappa shape index (κ1) is 103. The molecule has 0 aromatic rings. The highest BCUT2D eigenvalue weighted by Gasteiger charge is 2.62. The molecule has 15 fully saturated rings. The minimum Gasteiger partial charge on any atom is -0.394 e. The van der Waals surface area contributed by atoms with Crippen LogP contribution in [0.1, 0.15) is 93.4 Å². The average molecular weight is 1880 g/mol. The molecule has 14 bridgehead atoms. The van der Waals surface area contributed by atoms with Gasteiger partial charge in [-0.3, -0.25) is 31.9 Å². The molecular weight excluding hydrogens is 1770 g/mol. The van der Waals surface area contributed by atoms with E-state index < -0.39 is 412 Å². The van der Waals surface area contributed by atoms with Crippen LogP contribution < -0.4 is 0 Å². The largest absolute Gasteiger partial charge is 0.394 e. The van der Waals surface area contributed by atoms with E-state index in [4.69, 9.17) is 66.3 Å². The van der Waals surface area contributed by atoms with Gasteiger partial charge in [-0.2, -0.15) is 58.9 Å². The minimum absolute atomic E-state index is 0.890. The van der Waals surface area contributed by atoms with E-state index in [0.717, 1.165) is 48.5 Å². The summed E-state index contributed by atoms with van der Waals surface area (Å²) in [4.78, 5) is 0. The maximum absolute atomic E-state index is 12.9. The molecule has 56 heteroatoms. The molecule has 0 aliphatic carbocycles. The Morgan fingerprint density at radius 3 is 0.361 bits per heavy atom. The van der Waals surface area contributed by atoms with Gasteiger partial charge in [0, 0.05) is 41.4 Å². The number of hydrogen-bond donors (Lipinski definition) is 21. The molecule has 15 aliphatic rings. The van der Waals surface area contributed by atoms with Crippen molar-refractivity contribution in [2.45, 2.75) is 302 Å². The Bertz CT molecular complexity index is 3390. The van der Waals surface area contributed by atoms with Crippen LogP contribution in [0.3, 0.4) is 0 Å². The Morgan fingerprint density at radius 2 is 0.286 bits per heavy atom. The van der Waals surface area contributed by atoms with Crippen molar-refractivity contribution in [2.75, 3.05) is 46.2 Å². The van der Waals surface area contributed by atoms with E-state index in [1.165, 1.54) is 0 Å². The van der Waals surface area contributed by atoms with Gasteiger partial charge in [-0.1, -0.05) is 0 Å². The second-order valence-corrected chi connectivity index (χ2v) is 44.6. The lowest BCUT2D eigenvalue weighted by atomic mass is 9.84. The van der Waals surface area contributed by atoms with Gasteiger partial charge in [0.15, 0.2) is 44.0 Å². The van der Waals surface area contributed by atoms with Gasteiger partial charge in [-0.15, -0.1) is 0 Å². The Balaban J connectivity index is 1.34. The van der Waals surface area contributed by atoms with Gasteiger partial charge in [0.05, 0.1) is 126 Å². The normalized spacial score (nSPS) is 42.9. The maximum atomic E-state index is 12.9. The summed E-state index contributed by atoms with van der Waals surface area (Å²) in [5, 5.41) is 153. The summed E-state index contributed by atoms with van der Waals surface area (Å²) in [6.07, 6.45) is -69.8. The van der Waals surface area contributed by atoms with Gasteiger partial charge in [0.1, 0.15) is 85.5 Å². The average Bonchev–Trinajstić information content (AvgIpc) is 0.800. The number of ether oxygens (including phenoxy) is 14. The van der Waals surface area contributed by atoms with E-state index >= 15 is 0 Å². The molecule has 0 radical (unpaired) electrons. The van der Waals surface area contributed by atoms with Crippen molar-refractivity contribution in [1.29, 1.82) is 0 Å². The van der Waals surface area contributed by atoms with E-state index in [-0.39, 0.29) is 0 Å². The van der Waals surface area contributed by atoms with E-state index in [1.54, 1.807) is 0 Å². The third-order valence-corrected chi connectivity index (χ3v) is 32.2.